The van der Waals surface area contributed by atoms with E-state index in [2.05, 4.69) is 35.9 Å². The summed E-state index contributed by atoms with van der Waals surface area (Å²) in [6.45, 7) is 5.52. The summed E-state index contributed by atoms with van der Waals surface area (Å²) in [6.07, 6.45) is 9.62. The smallest absolute Gasteiger partial charge is 0.159 e. The third kappa shape index (κ3) is 3.54. The third-order valence-electron chi connectivity index (χ3n) is 7.63. The van der Waals surface area contributed by atoms with Crippen LogP contribution in [0.1, 0.15) is 31.4 Å². The summed E-state index contributed by atoms with van der Waals surface area (Å²) >= 11 is 0. The van der Waals surface area contributed by atoms with Crippen molar-refractivity contribution in [3.63, 3.8) is 0 Å². The van der Waals surface area contributed by atoms with E-state index in [-0.39, 0.29) is 0 Å². The normalized spacial score (nSPS) is 21.2. The number of hydrogen-bond acceptors (Lipinski definition) is 8. The average Bonchev–Trinajstić information content (AvgIpc) is 3.52. The van der Waals surface area contributed by atoms with Gasteiger partial charge in [-0.05, 0) is 37.2 Å². The van der Waals surface area contributed by atoms with Gasteiger partial charge >= 0.3 is 0 Å². The van der Waals surface area contributed by atoms with Gasteiger partial charge in [0, 0.05) is 57.5 Å². The lowest BCUT2D eigenvalue weighted by atomic mass is 9.58. The summed E-state index contributed by atoms with van der Waals surface area (Å²) < 4.78 is 7.05. The maximum atomic E-state index is 9.96. The summed E-state index contributed by atoms with van der Waals surface area (Å²) in [6, 6.07) is 6.61. The van der Waals surface area contributed by atoms with Crippen molar-refractivity contribution in [3.8, 4) is 11.9 Å². The predicted molar refractivity (Wildman–Crippen MR) is 123 cm³/mol. The molecular weight excluding hydrogens is 416 g/mol. The Balaban J connectivity index is 1.26. The van der Waals surface area contributed by atoms with Crippen LogP contribution < -0.4 is 4.90 Å². The number of fused-ring (bicyclic) bond motifs is 1. The Kier molecular flexibility index (Phi) is 4.82. The number of nitrogens with zero attached hydrogens (tertiary/aromatic N) is 8. The number of hydrogen-bond donors (Lipinski definition) is 0. The molecule has 33 heavy (non-hydrogen) atoms. The van der Waals surface area contributed by atoms with Crippen molar-refractivity contribution in [1.29, 1.82) is 5.26 Å². The van der Waals surface area contributed by atoms with E-state index in [0.717, 1.165) is 80.4 Å². The van der Waals surface area contributed by atoms with Gasteiger partial charge in [0.05, 0.1) is 30.1 Å². The minimum atomic E-state index is -0.459. The first-order chi connectivity index (χ1) is 16.1. The van der Waals surface area contributed by atoms with Gasteiger partial charge in [-0.1, -0.05) is 0 Å². The molecule has 3 aromatic heterocycles. The fourth-order valence-corrected chi connectivity index (χ4v) is 5.49. The van der Waals surface area contributed by atoms with Crippen molar-refractivity contribution in [2.45, 2.75) is 31.1 Å². The van der Waals surface area contributed by atoms with Crippen molar-refractivity contribution >= 4 is 16.7 Å². The quantitative estimate of drug-likeness (QED) is 0.572. The van der Waals surface area contributed by atoms with Gasteiger partial charge in [0.1, 0.15) is 17.6 Å². The van der Waals surface area contributed by atoms with Crippen LogP contribution in [-0.2, 0) is 10.2 Å². The van der Waals surface area contributed by atoms with E-state index >= 15 is 0 Å². The van der Waals surface area contributed by atoms with Gasteiger partial charge in [0.15, 0.2) is 5.82 Å². The van der Waals surface area contributed by atoms with E-state index in [1.165, 1.54) is 12.8 Å². The van der Waals surface area contributed by atoms with Crippen LogP contribution in [0, 0.1) is 16.7 Å². The number of ether oxygens (including phenoxy) is 1. The standard InChI is InChI=1S/C24H28N8O/c1-33-9-8-30-4-6-31(7-5-30)21-11-22(28-17-27-21)32-19-10-20(26-12-18(19)13-29-32)24(16-25)14-23(15-24)2-3-23/h10-13,17H,2-9,14-15H2,1H3. The van der Waals surface area contributed by atoms with E-state index in [4.69, 9.17) is 4.74 Å². The Labute approximate surface area is 193 Å². The number of aromatic nitrogens is 5. The molecule has 3 aromatic rings. The number of piperazine rings is 1. The van der Waals surface area contributed by atoms with Gasteiger partial charge < -0.3 is 9.64 Å². The van der Waals surface area contributed by atoms with Crippen LogP contribution in [0.3, 0.4) is 0 Å². The molecule has 2 aliphatic carbocycles. The number of nitriles is 1. The molecular formula is C24H28N8O. The minimum absolute atomic E-state index is 0.418. The van der Waals surface area contributed by atoms with Crippen molar-refractivity contribution < 1.29 is 4.74 Å². The molecule has 0 amide bonds. The highest BCUT2D eigenvalue weighted by Gasteiger charge is 2.62. The molecule has 1 aliphatic heterocycles. The van der Waals surface area contributed by atoms with Crippen LogP contribution in [0.15, 0.2) is 30.9 Å². The van der Waals surface area contributed by atoms with Gasteiger partial charge in [-0.25, -0.2) is 14.6 Å². The fraction of sp³-hybridized carbons (Fsp3) is 0.542. The molecule has 0 radical (unpaired) electrons. The molecule has 0 atom stereocenters. The maximum Gasteiger partial charge on any atom is 0.159 e. The van der Waals surface area contributed by atoms with Crippen LogP contribution in [0.4, 0.5) is 5.82 Å². The topological polar surface area (TPSA) is 96.0 Å². The molecule has 3 aliphatic rings. The average molecular weight is 445 g/mol. The lowest BCUT2D eigenvalue weighted by Gasteiger charge is -2.43. The SMILES string of the molecule is COCCN1CCN(c2cc(-n3ncc4cnc(C5(C#N)CC6(CC6)C5)cc43)ncn2)CC1. The van der Waals surface area contributed by atoms with Crippen LogP contribution >= 0.6 is 0 Å². The van der Waals surface area contributed by atoms with Gasteiger partial charge in [-0.2, -0.15) is 10.4 Å². The summed E-state index contributed by atoms with van der Waals surface area (Å²) in [5, 5.41) is 15.5. The monoisotopic (exact) mass is 444 g/mol. The Morgan fingerprint density at radius 1 is 1.03 bits per heavy atom. The largest absolute Gasteiger partial charge is 0.383 e. The Hall–Kier alpha value is -3.09. The number of rotatable bonds is 6. The molecule has 6 rings (SSSR count). The predicted octanol–water partition coefficient (Wildman–Crippen LogP) is 2.31. The lowest BCUT2D eigenvalue weighted by molar-refractivity contribution is 0.144. The molecule has 2 saturated carbocycles. The van der Waals surface area contributed by atoms with Gasteiger partial charge in [0.2, 0.25) is 0 Å². The minimum Gasteiger partial charge on any atom is -0.383 e. The van der Waals surface area contributed by atoms with Crippen LogP contribution in [0.25, 0.3) is 16.7 Å². The van der Waals surface area contributed by atoms with Crippen molar-refractivity contribution in [1.82, 2.24) is 29.6 Å². The molecule has 170 valence electrons. The molecule has 0 bridgehead atoms. The summed E-state index contributed by atoms with van der Waals surface area (Å²) in [4.78, 5) is 18.4. The number of methoxy groups -OCH3 is 1. The number of anilines is 1. The second kappa shape index (κ2) is 7.75. The summed E-state index contributed by atoms with van der Waals surface area (Å²) in [5.41, 5.74) is 1.75. The van der Waals surface area contributed by atoms with Gasteiger partial charge in [-0.3, -0.25) is 9.88 Å². The van der Waals surface area contributed by atoms with E-state index in [0.29, 0.717) is 5.41 Å². The van der Waals surface area contributed by atoms with Crippen molar-refractivity contribution in [2.24, 2.45) is 5.41 Å². The summed E-state index contributed by atoms with van der Waals surface area (Å²) in [7, 11) is 1.74. The zero-order chi connectivity index (χ0) is 22.5. The molecule has 4 heterocycles. The molecule has 9 heteroatoms. The van der Waals surface area contributed by atoms with E-state index in [1.54, 1.807) is 13.4 Å². The summed E-state index contributed by atoms with van der Waals surface area (Å²) in [5.74, 6) is 1.64. The zero-order valence-corrected chi connectivity index (χ0v) is 18.9. The zero-order valence-electron chi connectivity index (χ0n) is 18.9. The molecule has 1 spiro atoms. The molecule has 1 saturated heterocycles. The molecule has 0 aromatic carbocycles. The first-order valence-electron chi connectivity index (χ1n) is 11.7. The Morgan fingerprint density at radius 2 is 1.82 bits per heavy atom. The van der Waals surface area contributed by atoms with Crippen LogP contribution in [-0.4, -0.2) is 76.1 Å². The maximum absolute atomic E-state index is 9.96. The molecule has 9 nitrogen and oxygen atoms in total. The highest BCUT2D eigenvalue weighted by Crippen LogP contribution is 2.68. The third-order valence-corrected chi connectivity index (χ3v) is 7.63. The molecule has 0 unspecified atom stereocenters. The highest BCUT2D eigenvalue weighted by atomic mass is 16.5. The second-order valence-electron chi connectivity index (χ2n) is 9.79. The van der Waals surface area contributed by atoms with Crippen LogP contribution in [0.5, 0.6) is 0 Å². The first-order valence-corrected chi connectivity index (χ1v) is 11.7. The fourth-order valence-electron chi connectivity index (χ4n) is 5.49. The lowest BCUT2D eigenvalue weighted by Crippen LogP contribution is -2.47. The molecule has 3 fully saturated rings. The van der Waals surface area contributed by atoms with Crippen molar-refractivity contribution in [2.75, 3.05) is 51.3 Å². The van der Waals surface area contributed by atoms with E-state index < -0.39 is 5.41 Å². The second-order valence-corrected chi connectivity index (χ2v) is 9.79. The Bertz CT molecular complexity index is 1210. The van der Waals surface area contributed by atoms with Gasteiger partial charge in [0.25, 0.3) is 0 Å². The Morgan fingerprint density at radius 3 is 2.55 bits per heavy atom. The van der Waals surface area contributed by atoms with Crippen LogP contribution in [0.2, 0.25) is 0 Å². The van der Waals surface area contributed by atoms with E-state index in [9.17, 15) is 5.26 Å². The first kappa shape index (κ1) is 20.5. The number of pyridine rings is 1. The van der Waals surface area contributed by atoms with E-state index in [1.807, 2.05) is 29.2 Å². The highest BCUT2D eigenvalue weighted by molar-refractivity contribution is 5.80. The molecule has 0 N–H and O–H groups in total. The van der Waals surface area contributed by atoms with Gasteiger partial charge in [-0.15, -0.1) is 0 Å². The van der Waals surface area contributed by atoms with Crippen molar-refractivity contribution in [3.05, 3.63) is 36.5 Å².